The van der Waals surface area contributed by atoms with E-state index in [0.29, 0.717) is 26.1 Å². The van der Waals surface area contributed by atoms with E-state index < -0.39 is 50.5 Å². The molecule has 2 heterocycles. The third-order valence-corrected chi connectivity index (χ3v) is 5.41. The van der Waals surface area contributed by atoms with Gasteiger partial charge in [0.25, 0.3) is 0 Å². The molecule has 11 heteroatoms. The van der Waals surface area contributed by atoms with E-state index in [0.717, 1.165) is 38.5 Å². The molecule has 2 fully saturated rings. The van der Waals surface area contributed by atoms with Gasteiger partial charge < -0.3 is 44.8 Å². The molecule has 0 atom stereocenters. The van der Waals surface area contributed by atoms with Crippen LogP contribution in [0.25, 0.3) is 0 Å². The molecule has 0 saturated carbocycles. The summed E-state index contributed by atoms with van der Waals surface area (Å²) in [5, 5.41) is 54.2. The third kappa shape index (κ3) is 13.8. The largest absolute Gasteiger partial charge is 0.466 e. The van der Waals surface area contributed by atoms with Crippen LogP contribution in [-0.4, -0.2) is 109 Å². The highest BCUT2D eigenvalue weighted by atomic mass is 16.5. The highest BCUT2D eigenvalue weighted by Gasteiger charge is 2.32. The molecule has 6 N–H and O–H groups in total. The summed E-state index contributed by atoms with van der Waals surface area (Å²) in [6.45, 7) is -1.73. The fourth-order valence-electron chi connectivity index (χ4n) is 2.67. The zero-order valence-electron chi connectivity index (χ0n) is 19.5. The van der Waals surface area contributed by atoms with Gasteiger partial charge in [-0.05, 0) is 38.5 Å². The lowest BCUT2D eigenvalue weighted by molar-refractivity contribution is -0.143. The smallest absolute Gasteiger partial charge is 0.305 e. The standard InChI is InChI=1S/C10H22O7.2C6H10O2/c11-1-9(2-12,3-13)7-17-8-10(4-14,5-15)6-16;2*7-6-4-2-1-3-5-8-6/h11-16H,1-8H2;2*1-5H2. The minimum atomic E-state index is -1.16. The second-order valence-corrected chi connectivity index (χ2v) is 8.50. The number of aliphatic hydroxyl groups excluding tert-OH is 6. The van der Waals surface area contributed by atoms with Crippen LogP contribution in [-0.2, 0) is 23.8 Å². The van der Waals surface area contributed by atoms with E-state index in [1.54, 1.807) is 0 Å². The van der Waals surface area contributed by atoms with Crippen molar-refractivity contribution in [3.63, 3.8) is 0 Å². The first kappa shape index (κ1) is 31.7. The summed E-state index contributed by atoms with van der Waals surface area (Å²) in [5.41, 5.74) is -2.32. The van der Waals surface area contributed by atoms with Crippen molar-refractivity contribution in [1.82, 2.24) is 0 Å². The van der Waals surface area contributed by atoms with Gasteiger partial charge in [0.1, 0.15) is 0 Å². The van der Waals surface area contributed by atoms with Crippen LogP contribution in [0.4, 0.5) is 0 Å². The maximum Gasteiger partial charge on any atom is 0.305 e. The van der Waals surface area contributed by atoms with E-state index in [4.69, 9.17) is 44.8 Å². The number of carbonyl (C=O) groups is 2. The molecule has 0 aromatic heterocycles. The number of rotatable bonds is 10. The van der Waals surface area contributed by atoms with Gasteiger partial charge in [0.15, 0.2) is 0 Å². The van der Waals surface area contributed by atoms with Crippen LogP contribution in [0.1, 0.15) is 51.4 Å². The molecule has 11 nitrogen and oxygen atoms in total. The number of cyclic esters (lactones) is 2. The molecule has 0 aliphatic carbocycles. The van der Waals surface area contributed by atoms with Gasteiger partial charge in [-0.3, -0.25) is 9.59 Å². The van der Waals surface area contributed by atoms with Crippen LogP contribution in [0.3, 0.4) is 0 Å². The van der Waals surface area contributed by atoms with Gasteiger partial charge in [0.2, 0.25) is 0 Å². The van der Waals surface area contributed by atoms with E-state index in [1.165, 1.54) is 0 Å². The Morgan fingerprint density at radius 1 is 0.576 bits per heavy atom. The van der Waals surface area contributed by atoms with E-state index in [2.05, 4.69) is 0 Å². The molecule has 2 rings (SSSR count). The molecule has 0 spiro atoms. The van der Waals surface area contributed by atoms with E-state index in [1.807, 2.05) is 0 Å². The normalized spacial score (nSPS) is 17.3. The van der Waals surface area contributed by atoms with Gasteiger partial charge in [-0.2, -0.15) is 0 Å². The average molecular weight is 483 g/mol. The molecule has 2 aliphatic rings. The molecule has 2 saturated heterocycles. The second-order valence-electron chi connectivity index (χ2n) is 8.50. The van der Waals surface area contributed by atoms with Crippen molar-refractivity contribution >= 4 is 11.9 Å². The van der Waals surface area contributed by atoms with E-state index in [9.17, 15) is 9.59 Å². The van der Waals surface area contributed by atoms with Crippen molar-refractivity contribution in [1.29, 1.82) is 0 Å². The van der Waals surface area contributed by atoms with Gasteiger partial charge in [0, 0.05) is 12.8 Å². The summed E-state index contributed by atoms with van der Waals surface area (Å²) in [7, 11) is 0. The summed E-state index contributed by atoms with van der Waals surface area (Å²) in [6.07, 6.45) is 7.66. The summed E-state index contributed by atoms with van der Waals surface area (Å²) >= 11 is 0. The highest BCUT2D eigenvalue weighted by molar-refractivity contribution is 5.69. The number of carbonyl (C=O) groups excluding carboxylic acids is 2. The molecule has 0 aromatic carbocycles. The second kappa shape index (κ2) is 19.0. The quantitative estimate of drug-likeness (QED) is 0.213. The molecule has 2 aliphatic heterocycles. The number of ether oxygens (including phenoxy) is 3. The van der Waals surface area contributed by atoms with Gasteiger partial charge >= 0.3 is 11.9 Å². The lowest BCUT2D eigenvalue weighted by atomic mass is 9.91. The summed E-state index contributed by atoms with van der Waals surface area (Å²) in [5.74, 6) is -0.0509. The predicted octanol–water partition coefficient (Wildman–Crippen LogP) is -0.863. The first-order valence-corrected chi connectivity index (χ1v) is 11.4. The molecular formula is C22H42O11. The summed E-state index contributed by atoms with van der Waals surface area (Å²) in [6, 6.07) is 0. The fraction of sp³-hybridized carbons (Fsp3) is 0.909. The van der Waals surface area contributed by atoms with Crippen molar-refractivity contribution in [3.05, 3.63) is 0 Å². The first-order valence-electron chi connectivity index (χ1n) is 11.4. The van der Waals surface area contributed by atoms with Crippen molar-refractivity contribution in [2.45, 2.75) is 51.4 Å². The van der Waals surface area contributed by atoms with Crippen LogP contribution in [0, 0.1) is 10.8 Å². The monoisotopic (exact) mass is 482 g/mol. The number of aliphatic hydroxyl groups is 6. The Balaban J connectivity index is 0.000000525. The Morgan fingerprint density at radius 3 is 1.21 bits per heavy atom. The molecule has 0 aromatic rings. The summed E-state index contributed by atoms with van der Waals surface area (Å²) in [4.78, 5) is 20.9. The van der Waals surface area contributed by atoms with Gasteiger partial charge in [-0.25, -0.2) is 0 Å². The van der Waals surface area contributed by atoms with Gasteiger partial charge in [0.05, 0.1) is 76.9 Å². The molecule has 196 valence electrons. The molecule has 0 amide bonds. The van der Waals surface area contributed by atoms with E-state index in [-0.39, 0.29) is 25.2 Å². The minimum Gasteiger partial charge on any atom is -0.466 e. The summed E-state index contributed by atoms with van der Waals surface area (Å²) < 4.78 is 14.7. The maximum absolute atomic E-state index is 10.5. The number of hydrogen-bond donors (Lipinski definition) is 6. The number of hydrogen-bond acceptors (Lipinski definition) is 11. The van der Waals surface area contributed by atoms with E-state index >= 15 is 0 Å². The topological polar surface area (TPSA) is 183 Å². The van der Waals surface area contributed by atoms with Crippen LogP contribution < -0.4 is 0 Å². The molecule has 0 unspecified atom stereocenters. The van der Waals surface area contributed by atoms with Crippen LogP contribution in [0.15, 0.2) is 0 Å². The lowest BCUT2D eigenvalue weighted by Crippen LogP contribution is -2.43. The van der Waals surface area contributed by atoms with Crippen LogP contribution in [0.2, 0.25) is 0 Å². The lowest BCUT2D eigenvalue weighted by Gasteiger charge is -2.31. The number of esters is 2. The molecule has 33 heavy (non-hydrogen) atoms. The highest BCUT2D eigenvalue weighted by Crippen LogP contribution is 2.19. The molecule has 0 bridgehead atoms. The van der Waals surface area contributed by atoms with Crippen molar-refractivity contribution < 1.29 is 54.4 Å². The van der Waals surface area contributed by atoms with Gasteiger partial charge in [-0.1, -0.05) is 0 Å². The van der Waals surface area contributed by atoms with Crippen molar-refractivity contribution in [3.8, 4) is 0 Å². The van der Waals surface area contributed by atoms with Crippen LogP contribution >= 0.6 is 0 Å². The minimum absolute atomic E-state index is 0.0255. The van der Waals surface area contributed by atoms with Gasteiger partial charge in [-0.15, -0.1) is 0 Å². The Bertz CT molecular complexity index is 424. The zero-order chi connectivity index (χ0) is 25.0. The molecular weight excluding hydrogens is 440 g/mol. The molecule has 0 radical (unpaired) electrons. The fourth-order valence-corrected chi connectivity index (χ4v) is 2.67. The van der Waals surface area contributed by atoms with Crippen LogP contribution in [0.5, 0.6) is 0 Å². The first-order chi connectivity index (χ1) is 15.9. The van der Waals surface area contributed by atoms with Crippen molar-refractivity contribution in [2.24, 2.45) is 10.8 Å². The third-order valence-electron chi connectivity index (χ3n) is 5.41. The Kier molecular flexibility index (Phi) is 18.2. The Labute approximate surface area is 195 Å². The Hall–Kier alpha value is -1.34. The predicted molar refractivity (Wildman–Crippen MR) is 117 cm³/mol. The van der Waals surface area contributed by atoms with Crippen molar-refractivity contribution in [2.75, 3.05) is 66.1 Å². The zero-order valence-corrected chi connectivity index (χ0v) is 19.5. The average Bonchev–Trinajstić information content (AvgIpc) is 3.25. The SMILES string of the molecule is O=C1CCCCCO1.O=C1CCCCCO1.OCC(CO)(CO)COCC(CO)(CO)CO. The Morgan fingerprint density at radius 2 is 0.909 bits per heavy atom. The maximum atomic E-state index is 10.5.